The number of rotatable bonds is 7. The van der Waals surface area contributed by atoms with E-state index in [-0.39, 0.29) is 5.91 Å². The number of benzene rings is 1. The number of aromatic nitrogens is 2. The van der Waals surface area contributed by atoms with Crippen molar-refractivity contribution in [2.75, 3.05) is 13.2 Å². The highest BCUT2D eigenvalue weighted by atomic mass is 35.5. The molecule has 0 radical (unpaired) electrons. The molecule has 0 saturated heterocycles. The van der Waals surface area contributed by atoms with E-state index in [1.54, 1.807) is 30.5 Å². The molecule has 1 N–H and O–H groups in total. The van der Waals surface area contributed by atoms with Crippen LogP contribution in [-0.4, -0.2) is 28.5 Å². The molecule has 136 valence electrons. The number of imidazole rings is 1. The van der Waals surface area contributed by atoms with E-state index in [1.165, 1.54) is 0 Å². The summed E-state index contributed by atoms with van der Waals surface area (Å²) in [5.41, 5.74) is 2.03. The number of nitrogens with zero attached hydrogens (tertiary/aromatic N) is 2. The summed E-state index contributed by atoms with van der Waals surface area (Å²) in [6.07, 6.45) is 3.61. The van der Waals surface area contributed by atoms with Gasteiger partial charge in [-0.15, -0.1) is 0 Å². The van der Waals surface area contributed by atoms with E-state index in [9.17, 15) is 4.79 Å². The number of ether oxygens (including phenoxy) is 2. The summed E-state index contributed by atoms with van der Waals surface area (Å²) in [6, 6.07) is 8.76. The molecule has 1 aromatic carbocycles. The van der Waals surface area contributed by atoms with Crippen molar-refractivity contribution in [3.63, 3.8) is 0 Å². The first-order chi connectivity index (χ1) is 12.6. The molecule has 2 heterocycles. The lowest BCUT2D eigenvalue weighted by Crippen LogP contribution is -2.23. The molecule has 3 aromatic rings. The fourth-order valence-corrected chi connectivity index (χ4v) is 2.74. The second-order valence-electron chi connectivity index (χ2n) is 5.56. The van der Waals surface area contributed by atoms with Crippen LogP contribution in [0.5, 0.6) is 11.5 Å². The zero-order valence-corrected chi connectivity index (χ0v) is 15.4. The van der Waals surface area contributed by atoms with Crippen LogP contribution >= 0.6 is 11.6 Å². The minimum absolute atomic E-state index is 0.205. The van der Waals surface area contributed by atoms with Gasteiger partial charge in [0.05, 0.1) is 30.5 Å². The molecule has 0 spiro atoms. The smallest absolute Gasteiger partial charge is 0.251 e. The standard InChI is InChI=1S/C19H20ClN3O3/c1-3-25-16-7-5-13(9-17(16)26-4-2)19(24)21-10-15-12-23-11-14(20)6-8-18(23)22-15/h5-9,11-12H,3-4,10H2,1-2H3,(H,21,24). The van der Waals surface area contributed by atoms with Crippen LogP contribution in [0.4, 0.5) is 0 Å². The predicted octanol–water partition coefficient (Wildman–Crippen LogP) is 3.72. The third-order valence-corrected chi connectivity index (χ3v) is 3.92. The number of amides is 1. The van der Waals surface area contributed by atoms with E-state index in [0.717, 1.165) is 11.3 Å². The maximum Gasteiger partial charge on any atom is 0.251 e. The van der Waals surface area contributed by atoms with Gasteiger partial charge in [-0.3, -0.25) is 4.79 Å². The topological polar surface area (TPSA) is 64.9 Å². The molecule has 0 atom stereocenters. The monoisotopic (exact) mass is 373 g/mol. The highest BCUT2D eigenvalue weighted by Crippen LogP contribution is 2.28. The van der Waals surface area contributed by atoms with Crippen LogP contribution in [0.3, 0.4) is 0 Å². The fraction of sp³-hybridized carbons (Fsp3) is 0.263. The first kappa shape index (κ1) is 18.1. The van der Waals surface area contributed by atoms with Crippen LogP contribution in [0, 0.1) is 0 Å². The van der Waals surface area contributed by atoms with Gasteiger partial charge in [-0.05, 0) is 44.2 Å². The summed E-state index contributed by atoms with van der Waals surface area (Å²) < 4.78 is 12.9. The average molecular weight is 374 g/mol. The van der Waals surface area contributed by atoms with Crippen molar-refractivity contribution in [1.29, 1.82) is 0 Å². The molecule has 0 fully saturated rings. The normalized spacial score (nSPS) is 10.7. The van der Waals surface area contributed by atoms with Crippen molar-refractivity contribution < 1.29 is 14.3 Å². The molecular weight excluding hydrogens is 354 g/mol. The van der Waals surface area contributed by atoms with Gasteiger partial charge in [0.1, 0.15) is 5.65 Å². The van der Waals surface area contributed by atoms with Crippen LogP contribution in [0.2, 0.25) is 5.02 Å². The second kappa shape index (κ2) is 8.10. The Morgan fingerprint density at radius 1 is 1.12 bits per heavy atom. The molecule has 0 unspecified atom stereocenters. The molecule has 2 aromatic heterocycles. The van der Waals surface area contributed by atoms with Gasteiger partial charge in [0.25, 0.3) is 5.91 Å². The third kappa shape index (κ3) is 4.08. The van der Waals surface area contributed by atoms with Crippen LogP contribution < -0.4 is 14.8 Å². The zero-order chi connectivity index (χ0) is 18.5. The van der Waals surface area contributed by atoms with E-state index in [2.05, 4.69) is 10.3 Å². The summed E-state index contributed by atoms with van der Waals surface area (Å²) in [4.78, 5) is 16.9. The van der Waals surface area contributed by atoms with Crippen molar-refractivity contribution in [3.05, 3.63) is 59.0 Å². The maximum absolute atomic E-state index is 12.4. The number of carbonyl (C=O) groups is 1. The van der Waals surface area contributed by atoms with Gasteiger partial charge in [0.15, 0.2) is 11.5 Å². The molecule has 26 heavy (non-hydrogen) atoms. The molecule has 0 aliphatic heterocycles. The van der Waals surface area contributed by atoms with Gasteiger partial charge < -0.3 is 19.2 Å². The van der Waals surface area contributed by atoms with Gasteiger partial charge in [-0.2, -0.15) is 0 Å². The first-order valence-electron chi connectivity index (χ1n) is 8.41. The Hall–Kier alpha value is -2.73. The highest BCUT2D eigenvalue weighted by Gasteiger charge is 2.12. The van der Waals surface area contributed by atoms with Crippen LogP contribution in [-0.2, 0) is 6.54 Å². The maximum atomic E-state index is 12.4. The lowest BCUT2D eigenvalue weighted by Gasteiger charge is -2.12. The average Bonchev–Trinajstić information content (AvgIpc) is 3.03. The fourth-order valence-electron chi connectivity index (χ4n) is 2.57. The van der Waals surface area contributed by atoms with Crippen LogP contribution in [0.25, 0.3) is 5.65 Å². The number of nitrogens with one attached hydrogen (secondary N) is 1. The lowest BCUT2D eigenvalue weighted by molar-refractivity contribution is 0.0950. The summed E-state index contributed by atoms with van der Waals surface area (Å²) >= 11 is 5.97. The molecule has 7 heteroatoms. The van der Waals surface area contributed by atoms with Crippen LogP contribution in [0.1, 0.15) is 29.9 Å². The molecule has 3 rings (SSSR count). The first-order valence-corrected chi connectivity index (χ1v) is 8.79. The number of hydrogen-bond donors (Lipinski definition) is 1. The molecule has 0 aliphatic rings. The van der Waals surface area contributed by atoms with Crippen LogP contribution in [0.15, 0.2) is 42.7 Å². The van der Waals surface area contributed by atoms with Crippen molar-refractivity contribution in [2.45, 2.75) is 20.4 Å². The van der Waals surface area contributed by atoms with Crippen molar-refractivity contribution in [2.24, 2.45) is 0 Å². The number of halogens is 1. The quantitative estimate of drug-likeness (QED) is 0.685. The van der Waals surface area contributed by atoms with Gasteiger partial charge in [-0.1, -0.05) is 11.6 Å². The van der Waals surface area contributed by atoms with E-state index in [1.807, 2.05) is 30.5 Å². The Morgan fingerprint density at radius 3 is 2.65 bits per heavy atom. The van der Waals surface area contributed by atoms with Gasteiger partial charge in [0.2, 0.25) is 0 Å². The van der Waals surface area contributed by atoms with E-state index in [4.69, 9.17) is 21.1 Å². The number of hydrogen-bond acceptors (Lipinski definition) is 4. The largest absolute Gasteiger partial charge is 0.490 e. The van der Waals surface area contributed by atoms with Gasteiger partial charge >= 0.3 is 0 Å². The van der Waals surface area contributed by atoms with Crippen molar-refractivity contribution in [3.8, 4) is 11.5 Å². The van der Waals surface area contributed by atoms with Gasteiger partial charge in [-0.25, -0.2) is 4.98 Å². The van der Waals surface area contributed by atoms with E-state index < -0.39 is 0 Å². The van der Waals surface area contributed by atoms with Crippen molar-refractivity contribution >= 4 is 23.2 Å². The summed E-state index contributed by atoms with van der Waals surface area (Å²) in [6.45, 7) is 5.13. The minimum Gasteiger partial charge on any atom is -0.490 e. The summed E-state index contributed by atoms with van der Waals surface area (Å²) in [5, 5.41) is 3.50. The number of fused-ring (bicyclic) bond motifs is 1. The number of pyridine rings is 1. The molecule has 0 aliphatic carbocycles. The predicted molar refractivity (Wildman–Crippen MR) is 100 cm³/mol. The number of carbonyl (C=O) groups excluding carboxylic acids is 1. The molecule has 0 saturated carbocycles. The molecule has 1 amide bonds. The molecule has 6 nitrogen and oxygen atoms in total. The lowest BCUT2D eigenvalue weighted by atomic mass is 10.2. The molecule has 0 bridgehead atoms. The second-order valence-corrected chi connectivity index (χ2v) is 5.99. The van der Waals surface area contributed by atoms with E-state index in [0.29, 0.717) is 41.8 Å². The Balaban J connectivity index is 1.71. The minimum atomic E-state index is -0.205. The Morgan fingerprint density at radius 2 is 1.88 bits per heavy atom. The summed E-state index contributed by atoms with van der Waals surface area (Å²) in [7, 11) is 0. The summed E-state index contributed by atoms with van der Waals surface area (Å²) in [5.74, 6) is 0.983. The zero-order valence-electron chi connectivity index (χ0n) is 14.7. The van der Waals surface area contributed by atoms with Crippen molar-refractivity contribution in [1.82, 2.24) is 14.7 Å². The Bertz CT molecular complexity index is 924. The Labute approximate surface area is 156 Å². The Kier molecular flexibility index (Phi) is 5.63. The highest BCUT2D eigenvalue weighted by molar-refractivity contribution is 6.30. The SMILES string of the molecule is CCOc1ccc(C(=O)NCc2cn3cc(Cl)ccc3n2)cc1OCC. The third-order valence-electron chi connectivity index (χ3n) is 3.70. The van der Waals surface area contributed by atoms with E-state index >= 15 is 0 Å². The van der Waals surface area contributed by atoms with Gasteiger partial charge in [0, 0.05) is 18.0 Å². The molecular formula is C19H20ClN3O3.